The summed E-state index contributed by atoms with van der Waals surface area (Å²) in [5.74, 6) is -0.0844. The molecule has 0 spiro atoms. The van der Waals surface area contributed by atoms with Crippen molar-refractivity contribution < 1.29 is 4.79 Å². The predicted molar refractivity (Wildman–Crippen MR) is 89.4 cm³/mol. The molecule has 0 unspecified atom stereocenters. The van der Waals surface area contributed by atoms with E-state index >= 15 is 0 Å². The Balaban J connectivity index is 2.05. The van der Waals surface area contributed by atoms with Crippen LogP contribution in [0.2, 0.25) is 0 Å². The van der Waals surface area contributed by atoms with Gasteiger partial charge in [-0.15, -0.1) is 0 Å². The smallest absolute Gasteiger partial charge is 0.251 e. The number of thiocarbonyl (C=S) groups is 1. The summed E-state index contributed by atoms with van der Waals surface area (Å²) in [7, 11) is 0. The van der Waals surface area contributed by atoms with Gasteiger partial charge in [0, 0.05) is 17.7 Å². The van der Waals surface area contributed by atoms with Crippen molar-refractivity contribution in [2.75, 3.05) is 0 Å². The summed E-state index contributed by atoms with van der Waals surface area (Å²) in [5, 5.41) is 2.91. The van der Waals surface area contributed by atoms with Crippen molar-refractivity contribution in [3.63, 3.8) is 0 Å². The second-order valence-corrected chi connectivity index (χ2v) is 5.49. The summed E-state index contributed by atoms with van der Waals surface area (Å²) in [6.45, 7) is 4.47. The number of amides is 1. The number of hydrogen-bond acceptors (Lipinski definition) is 2. The van der Waals surface area contributed by atoms with E-state index in [-0.39, 0.29) is 5.91 Å². The summed E-state index contributed by atoms with van der Waals surface area (Å²) >= 11 is 4.95. The monoisotopic (exact) mass is 298 g/mol. The molecule has 0 aliphatic rings. The van der Waals surface area contributed by atoms with E-state index < -0.39 is 0 Å². The molecule has 108 valence electrons. The topological polar surface area (TPSA) is 55.1 Å². The van der Waals surface area contributed by atoms with Crippen molar-refractivity contribution in [3.05, 3.63) is 70.3 Å². The number of aryl methyl sites for hydroxylation is 2. The Hall–Kier alpha value is -2.20. The Bertz CT molecular complexity index is 695. The van der Waals surface area contributed by atoms with Crippen molar-refractivity contribution >= 4 is 23.1 Å². The highest BCUT2D eigenvalue weighted by atomic mass is 32.1. The van der Waals surface area contributed by atoms with Gasteiger partial charge in [0.1, 0.15) is 4.99 Å². The molecule has 4 heteroatoms. The minimum Gasteiger partial charge on any atom is -0.389 e. The van der Waals surface area contributed by atoms with Gasteiger partial charge in [0.2, 0.25) is 0 Å². The molecule has 0 radical (unpaired) electrons. The summed E-state index contributed by atoms with van der Waals surface area (Å²) in [5.41, 5.74) is 10.3. The lowest BCUT2D eigenvalue weighted by molar-refractivity contribution is 0.0951. The van der Waals surface area contributed by atoms with Gasteiger partial charge in [-0.2, -0.15) is 0 Å². The van der Waals surface area contributed by atoms with Crippen LogP contribution in [0.15, 0.2) is 42.5 Å². The molecule has 3 N–H and O–H groups in total. The average Bonchev–Trinajstić information content (AvgIpc) is 2.48. The molecule has 0 aromatic heterocycles. The van der Waals surface area contributed by atoms with E-state index in [1.54, 1.807) is 0 Å². The molecular weight excluding hydrogens is 280 g/mol. The van der Waals surface area contributed by atoms with Crippen LogP contribution < -0.4 is 11.1 Å². The molecular formula is C17H18N2OS. The quantitative estimate of drug-likeness (QED) is 0.853. The Morgan fingerprint density at radius 1 is 1.10 bits per heavy atom. The zero-order chi connectivity index (χ0) is 15.4. The molecule has 0 saturated carbocycles. The first-order valence-electron chi connectivity index (χ1n) is 6.71. The van der Waals surface area contributed by atoms with Crippen LogP contribution in [-0.2, 0) is 6.54 Å². The lowest BCUT2D eigenvalue weighted by atomic mass is 10.1. The third-order valence-electron chi connectivity index (χ3n) is 3.43. The highest BCUT2D eigenvalue weighted by Gasteiger charge is 2.07. The van der Waals surface area contributed by atoms with Gasteiger partial charge in [0.05, 0.1) is 0 Å². The van der Waals surface area contributed by atoms with E-state index in [0.29, 0.717) is 17.1 Å². The van der Waals surface area contributed by atoms with Crippen molar-refractivity contribution in [1.82, 2.24) is 5.32 Å². The molecule has 0 atom stereocenters. The molecule has 0 heterocycles. The van der Waals surface area contributed by atoms with Crippen molar-refractivity contribution in [3.8, 4) is 0 Å². The second-order valence-electron chi connectivity index (χ2n) is 5.05. The molecule has 2 rings (SSSR count). The van der Waals surface area contributed by atoms with Crippen LogP contribution in [0, 0.1) is 13.8 Å². The third-order valence-corrected chi connectivity index (χ3v) is 3.67. The van der Waals surface area contributed by atoms with Crippen LogP contribution in [0.5, 0.6) is 0 Å². The fourth-order valence-corrected chi connectivity index (χ4v) is 2.13. The Morgan fingerprint density at radius 3 is 2.52 bits per heavy atom. The van der Waals surface area contributed by atoms with E-state index in [0.717, 1.165) is 16.7 Å². The number of hydrogen-bond donors (Lipinski definition) is 2. The molecule has 0 saturated heterocycles. The lowest BCUT2D eigenvalue weighted by Gasteiger charge is -2.08. The van der Waals surface area contributed by atoms with Gasteiger partial charge in [-0.1, -0.05) is 36.5 Å². The van der Waals surface area contributed by atoms with E-state index in [9.17, 15) is 4.79 Å². The standard InChI is InChI=1S/C17H18N2OS/c1-11-6-7-15(8-12(11)2)17(20)19-10-13-4-3-5-14(9-13)16(18)21/h3-9H,10H2,1-2H3,(H2,18,21)(H,19,20). The maximum Gasteiger partial charge on any atom is 0.251 e. The SMILES string of the molecule is Cc1ccc(C(=O)NCc2cccc(C(N)=S)c2)cc1C. The number of nitrogens with two attached hydrogens (primary N) is 1. The van der Waals surface area contributed by atoms with Gasteiger partial charge in [0.25, 0.3) is 5.91 Å². The number of benzene rings is 2. The predicted octanol–water partition coefficient (Wildman–Crippen LogP) is 2.87. The molecule has 1 amide bonds. The van der Waals surface area contributed by atoms with E-state index in [1.807, 2.05) is 56.3 Å². The number of nitrogens with one attached hydrogen (secondary N) is 1. The fraction of sp³-hybridized carbons (Fsp3) is 0.176. The van der Waals surface area contributed by atoms with Crippen LogP contribution in [0.4, 0.5) is 0 Å². The number of rotatable bonds is 4. The first-order valence-corrected chi connectivity index (χ1v) is 7.12. The maximum absolute atomic E-state index is 12.1. The van der Waals surface area contributed by atoms with Crippen molar-refractivity contribution in [2.45, 2.75) is 20.4 Å². The van der Waals surface area contributed by atoms with Gasteiger partial charge in [-0.3, -0.25) is 4.79 Å². The molecule has 0 aliphatic carbocycles. The Kier molecular flexibility index (Phi) is 4.70. The molecule has 21 heavy (non-hydrogen) atoms. The van der Waals surface area contributed by atoms with Crippen LogP contribution in [-0.4, -0.2) is 10.9 Å². The number of carbonyl (C=O) groups excluding carboxylic acids is 1. The highest BCUT2D eigenvalue weighted by molar-refractivity contribution is 7.80. The summed E-state index contributed by atoms with van der Waals surface area (Å²) < 4.78 is 0. The van der Waals surface area contributed by atoms with Gasteiger partial charge in [-0.05, 0) is 48.7 Å². The molecule has 2 aromatic carbocycles. The maximum atomic E-state index is 12.1. The van der Waals surface area contributed by atoms with Gasteiger partial charge < -0.3 is 11.1 Å². The normalized spacial score (nSPS) is 10.2. The van der Waals surface area contributed by atoms with Gasteiger partial charge >= 0.3 is 0 Å². The summed E-state index contributed by atoms with van der Waals surface area (Å²) in [6, 6.07) is 13.3. The van der Waals surface area contributed by atoms with Crippen LogP contribution in [0.25, 0.3) is 0 Å². The fourth-order valence-electron chi connectivity index (χ4n) is 2.00. The third kappa shape index (κ3) is 3.89. The van der Waals surface area contributed by atoms with Crippen LogP contribution >= 0.6 is 12.2 Å². The zero-order valence-electron chi connectivity index (χ0n) is 12.1. The van der Waals surface area contributed by atoms with E-state index in [4.69, 9.17) is 18.0 Å². The molecule has 0 fully saturated rings. The minimum absolute atomic E-state index is 0.0844. The van der Waals surface area contributed by atoms with Gasteiger partial charge in [-0.25, -0.2) is 0 Å². The van der Waals surface area contributed by atoms with Crippen LogP contribution in [0.1, 0.15) is 32.6 Å². The van der Waals surface area contributed by atoms with E-state index in [1.165, 1.54) is 5.56 Å². The Labute approximate surface area is 130 Å². The van der Waals surface area contributed by atoms with Crippen molar-refractivity contribution in [1.29, 1.82) is 0 Å². The number of carbonyl (C=O) groups is 1. The van der Waals surface area contributed by atoms with Gasteiger partial charge in [0.15, 0.2) is 0 Å². The zero-order valence-corrected chi connectivity index (χ0v) is 13.0. The molecule has 2 aromatic rings. The Morgan fingerprint density at radius 2 is 1.86 bits per heavy atom. The minimum atomic E-state index is -0.0844. The van der Waals surface area contributed by atoms with E-state index in [2.05, 4.69) is 5.32 Å². The van der Waals surface area contributed by atoms with Crippen molar-refractivity contribution in [2.24, 2.45) is 5.73 Å². The summed E-state index contributed by atoms with van der Waals surface area (Å²) in [4.78, 5) is 12.5. The lowest BCUT2D eigenvalue weighted by Crippen LogP contribution is -2.23. The molecule has 3 nitrogen and oxygen atoms in total. The largest absolute Gasteiger partial charge is 0.389 e. The molecule has 0 bridgehead atoms. The first kappa shape index (κ1) is 15.2. The average molecular weight is 298 g/mol. The van der Waals surface area contributed by atoms with Crippen LogP contribution in [0.3, 0.4) is 0 Å². The summed E-state index contributed by atoms with van der Waals surface area (Å²) in [6.07, 6.45) is 0. The highest BCUT2D eigenvalue weighted by Crippen LogP contribution is 2.10. The second kappa shape index (κ2) is 6.50. The molecule has 0 aliphatic heterocycles. The first-order chi connectivity index (χ1) is 9.97.